The smallest absolute Gasteiger partial charge is 0.251 e. The van der Waals surface area contributed by atoms with Gasteiger partial charge >= 0.3 is 0 Å². The molecule has 3 aromatic carbocycles. The van der Waals surface area contributed by atoms with Crippen molar-refractivity contribution in [2.45, 2.75) is 52.2 Å². The van der Waals surface area contributed by atoms with E-state index in [0.717, 1.165) is 12.0 Å². The third-order valence-corrected chi connectivity index (χ3v) is 6.32. The van der Waals surface area contributed by atoms with E-state index in [1.54, 1.807) is 0 Å². The number of carbonyl (C=O) groups is 1. The predicted octanol–water partition coefficient (Wildman–Crippen LogP) is 4.33. The highest BCUT2D eigenvalue weighted by atomic mass is 16.3. The van der Waals surface area contributed by atoms with Crippen molar-refractivity contribution in [3.63, 3.8) is 0 Å². The molecule has 0 aliphatic rings. The zero-order valence-electron chi connectivity index (χ0n) is 20.9. The summed E-state index contributed by atoms with van der Waals surface area (Å²) in [5, 5.41) is 36.1. The Morgan fingerprint density at radius 1 is 0.971 bits per heavy atom. The number of carbonyl (C=O) groups excluding carboxylic acids is 1. The minimum Gasteiger partial charge on any atom is -0.508 e. The lowest BCUT2D eigenvalue weighted by atomic mass is 9.93. The van der Waals surface area contributed by atoms with Gasteiger partial charge in [-0.3, -0.25) is 4.79 Å². The Hall–Kier alpha value is -3.35. The molecule has 0 radical (unpaired) electrons. The van der Waals surface area contributed by atoms with Crippen molar-refractivity contribution in [2.24, 2.45) is 0 Å². The average molecular weight is 477 g/mol. The van der Waals surface area contributed by atoms with E-state index in [0.29, 0.717) is 24.1 Å². The Morgan fingerprint density at radius 2 is 1.66 bits per heavy atom. The second kappa shape index (κ2) is 11.4. The first-order chi connectivity index (χ1) is 16.5. The molecule has 0 saturated heterocycles. The number of hydrogen-bond acceptors (Lipinski definition) is 5. The van der Waals surface area contributed by atoms with Crippen LogP contribution in [0.1, 0.15) is 58.1 Å². The number of aliphatic hydroxyl groups excluding tert-OH is 1. The number of aryl methyl sites for hydroxylation is 1. The van der Waals surface area contributed by atoms with E-state index in [4.69, 9.17) is 0 Å². The zero-order valence-corrected chi connectivity index (χ0v) is 20.9. The van der Waals surface area contributed by atoms with Crippen molar-refractivity contribution in [1.29, 1.82) is 0 Å². The molecule has 3 aromatic rings. The number of phenolic OH excluding ortho intramolecular Hbond substituents is 2. The molecule has 0 saturated carbocycles. The Balaban J connectivity index is 1.55. The minimum absolute atomic E-state index is 0.0950. The molecule has 1 unspecified atom stereocenters. The largest absolute Gasteiger partial charge is 0.508 e. The van der Waals surface area contributed by atoms with Crippen molar-refractivity contribution in [3.05, 3.63) is 94.0 Å². The Kier molecular flexibility index (Phi) is 8.54. The van der Waals surface area contributed by atoms with E-state index in [9.17, 15) is 20.1 Å². The standard InChI is InChI=1S/C29H36N2O4/c1-19-7-5-9-22(20(19)2)11-12-30-28(35)23-10-6-8-21(13-23)17-29(3,4)31-18-27(34)24-14-25(32)16-26(33)15-24/h5-10,13-16,27,31-34H,11-12,17-18H2,1-4H3,(H,30,35). The molecule has 0 aliphatic carbocycles. The molecular weight excluding hydrogens is 440 g/mol. The van der Waals surface area contributed by atoms with Gasteiger partial charge in [-0.25, -0.2) is 0 Å². The lowest BCUT2D eigenvalue weighted by Crippen LogP contribution is -2.43. The molecule has 0 aliphatic heterocycles. The molecule has 0 aromatic heterocycles. The topological polar surface area (TPSA) is 102 Å². The predicted molar refractivity (Wildman–Crippen MR) is 139 cm³/mol. The van der Waals surface area contributed by atoms with Crippen molar-refractivity contribution in [2.75, 3.05) is 13.1 Å². The fourth-order valence-electron chi connectivity index (χ4n) is 4.19. The highest BCUT2D eigenvalue weighted by Crippen LogP contribution is 2.25. The molecule has 1 atom stereocenters. The number of β-amino-alcohol motifs (C(OH)–C–C–N with tert-alkyl or cyclic N) is 1. The summed E-state index contributed by atoms with van der Waals surface area (Å²) in [6, 6.07) is 17.9. The molecule has 0 heterocycles. The summed E-state index contributed by atoms with van der Waals surface area (Å²) in [7, 11) is 0. The highest BCUT2D eigenvalue weighted by Gasteiger charge is 2.21. The van der Waals surface area contributed by atoms with Crippen molar-refractivity contribution in [3.8, 4) is 11.5 Å². The van der Waals surface area contributed by atoms with E-state index >= 15 is 0 Å². The first-order valence-corrected chi connectivity index (χ1v) is 11.9. The first kappa shape index (κ1) is 26.3. The van der Waals surface area contributed by atoms with Crippen LogP contribution in [0.4, 0.5) is 0 Å². The molecule has 0 fully saturated rings. The Bertz CT molecular complexity index is 1150. The summed E-state index contributed by atoms with van der Waals surface area (Å²) in [5.74, 6) is -0.285. The molecule has 6 nitrogen and oxygen atoms in total. The van der Waals surface area contributed by atoms with Gasteiger partial charge in [0, 0.05) is 30.3 Å². The fourth-order valence-corrected chi connectivity index (χ4v) is 4.19. The number of aromatic hydroxyl groups is 2. The van der Waals surface area contributed by atoms with Gasteiger partial charge in [-0.05, 0) is 92.6 Å². The third-order valence-electron chi connectivity index (χ3n) is 6.32. The van der Waals surface area contributed by atoms with Gasteiger partial charge in [0.1, 0.15) is 11.5 Å². The van der Waals surface area contributed by atoms with E-state index in [1.165, 1.54) is 34.9 Å². The van der Waals surface area contributed by atoms with Gasteiger partial charge in [-0.2, -0.15) is 0 Å². The summed E-state index contributed by atoms with van der Waals surface area (Å²) in [6.45, 7) is 9.07. The number of benzene rings is 3. The van der Waals surface area contributed by atoms with Crippen LogP contribution in [0.5, 0.6) is 11.5 Å². The molecular formula is C29H36N2O4. The van der Waals surface area contributed by atoms with Gasteiger partial charge in [0.15, 0.2) is 0 Å². The average Bonchev–Trinajstić information content (AvgIpc) is 2.79. The van der Waals surface area contributed by atoms with E-state index in [-0.39, 0.29) is 29.5 Å². The molecule has 35 heavy (non-hydrogen) atoms. The lowest BCUT2D eigenvalue weighted by Gasteiger charge is -2.28. The maximum atomic E-state index is 12.7. The molecule has 6 heteroatoms. The maximum Gasteiger partial charge on any atom is 0.251 e. The minimum atomic E-state index is -0.888. The van der Waals surface area contributed by atoms with Crippen LogP contribution in [0.15, 0.2) is 60.7 Å². The molecule has 0 spiro atoms. The first-order valence-electron chi connectivity index (χ1n) is 11.9. The third kappa shape index (κ3) is 7.57. The maximum absolute atomic E-state index is 12.7. The van der Waals surface area contributed by atoms with Crippen LogP contribution in [-0.2, 0) is 12.8 Å². The monoisotopic (exact) mass is 476 g/mol. The molecule has 186 valence electrons. The molecule has 1 amide bonds. The van der Waals surface area contributed by atoms with Crippen LogP contribution in [0.3, 0.4) is 0 Å². The van der Waals surface area contributed by atoms with Crippen LogP contribution in [0.2, 0.25) is 0 Å². The summed E-state index contributed by atoms with van der Waals surface area (Å²) in [6.07, 6.45) is 0.547. The number of nitrogens with one attached hydrogen (secondary N) is 2. The Morgan fingerprint density at radius 3 is 2.37 bits per heavy atom. The summed E-state index contributed by atoms with van der Waals surface area (Å²) in [5.41, 5.74) is 5.47. The van der Waals surface area contributed by atoms with Gasteiger partial charge in [0.25, 0.3) is 5.91 Å². The number of aliphatic hydroxyl groups is 1. The molecule has 5 N–H and O–H groups in total. The summed E-state index contributed by atoms with van der Waals surface area (Å²) >= 11 is 0. The van der Waals surface area contributed by atoms with Gasteiger partial charge in [0.2, 0.25) is 0 Å². The van der Waals surface area contributed by atoms with E-state index in [1.807, 2.05) is 44.2 Å². The Labute approximate surface area is 207 Å². The highest BCUT2D eigenvalue weighted by molar-refractivity contribution is 5.94. The lowest BCUT2D eigenvalue weighted by molar-refractivity contribution is 0.0954. The van der Waals surface area contributed by atoms with Crippen molar-refractivity contribution < 1.29 is 20.1 Å². The van der Waals surface area contributed by atoms with Gasteiger partial charge < -0.3 is 26.0 Å². The number of hydrogen-bond donors (Lipinski definition) is 5. The van der Waals surface area contributed by atoms with Gasteiger partial charge in [0.05, 0.1) is 6.10 Å². The number of phenols is 2. The van der Waals surface area contributed by atoms with Gasteiger partial charge in [-0.15, -0.1) is 0 Å². The van der Waals surface area contributed by atoms with Crippen LogP contribution in [0, 0.1) is 13.8 Å². The SMILES string of the molecule is Cc1cccc(CCNC(=O)c2cccc(CC(C)(C)NCC(O)c3cc(O)cc(O)c3)c2)c1C. The fraction of sp³-hybridized carbons (Fsp3) is 0.345. The summed E-state index contributed by atoms with van der Waals surface area (Å²) < 4.78 is 0. The van der Waals surface area contributed by atoms with E-state index < -0.39 is 6.10 Å². The van der Waals surface area contributed by atoms with Crippen LogP contribution < -0.4 is 10.6 Å². The second-order valence-electron chi connectivity index (χ2n) is 9.81. The zero-order chi connectivity index (χ0) is 25.6. The quantitative estimate of drug-likeness (QED) is 0.300. The molecule has 0 bridgehead atoms. The number of rotatable bonds is 10. The second-order valence-corrected chi connectivity index (χ2v) is 9.81. The van der Waals surface area contributed by atoms with E-state index in [2.05, 4.69) is 36.6 Å². The van der Waals surface area contributed by atoms with Gasteiger partial charge in [-0.1, -0.05) is 30.3 Å². The number of amides is 1. The molecule has 3 rings (SSSR count). The normalized spacial score (nSPS) is 12.4. The van der Waals surface area contributed by atoms with Crippen LogP contribution in [0.25, 0.3) is 0 Å². The van der Waals surface area contributed by atoms with Crippen LogP contribution in [-0.4, -0.2) is 39.9 Å². The van der Waals surface area contributed by atoms with Crippen molar-refractivity contribution in [1.82, 2.24) is 10.6 Å². The van der Waals surface area contributed by atoms with Crippen LogP contribution >= 0.6 is 0 Å². The summed E-state index contributed by atoms with van der Waals surface area (Å²) in [4.78, 5) is 12.7. The van der Waals surface area contributed by atoms with Crippen molar-refractivity contribution >= 4 is 5.91 Å².